The third-order valence-electron chi connectivity index (χ3n) is 5.02. The Hall–Kier alpha value is -4.27. The number of amides is 1. The molecule has 0 aliphatic carbocycles. The van der Waals surface area contributed by atoms with Crippen molar-refractivity contribution in [1.82, 2.24) is 20.3 Å². The van der Waals surface area contributed by atoms with Crippen LogP contribution in [0.2, 0.25) is 5.02 Å². The Morgan fingerprint density at radius 1 is 0.943 bits per heavy atom. The Balaban J connectivity index is 1.20. The minimum atomic E-state index is -0.380. The highest BCUT2D eigenvalue weighted by molar-refractivity contribution is 7.80. The van der Waals surface area contributed by atoms with Gasteiger partial charge < -0.3 is 9.73 Å². The van der Waals surface area contributed by atoms with E-state index in [9.17, 15) is 4.79 Å². The van der Waals surface area contributed by atoms with E-state index in [-0.39, 0.29) is 11.0 Å². The molecular weight excluding hydrogens is 482 g/mol. The highest BCUT2D eigenvalue weighted by Crippen LogP contribution is 2.22. The SMILES string of the molecule is O=C(/C=C/c1ccc(-c2ccccc2)o1)NC(=S)Nc1ccc2nn(-c3ccc(Cl)cc3)nc2c1. The number of halogens is 1. The molecule has 35 heavy (non-hydrogen) atoms. The smallest absolute Gasteiger partial charge is 0.250 e. The highest BCUT2D eigenvalue weighted by Gasteiger charge is 2.08. The van der Waals surface area contributed by atoms with E-state index in [1.807, 2.05) is 60.7 Å². The van der Waals surface area contributed by atoms with E-state index in [2.05, 4.69) is 20.8 Å². The number of aromatic nitrogens is 3. The van der Waals surface area contributed by atoms with Crippen molar-refractivity contribution in [3.05, 3.63) is 102 Å². The predicted molar refractivity (Wildman–Crippen MR) is 141 cm³/mol. The average Bonchev–Trinajstić information content (AvgIpc) is 3.51. The second-order valence-electron chi connectivity index (χ2n) is 7.51. The summed E-state index contributed by atoms with van der Waals surface area (Å²) in [6, 6.07) is 26.1. The first-order valence-corrected chi connectivity index (χ1v) is 11.4. The molecule has 172 valence electrons. The summed E-state index contributed by atoms with van der Waals surface area (Å²) in [6.07, 6.45) is 2.95. The first-order valence-electron chi connectivity index (χ1n) is 10.6. The second-order valence-corrected chi connectivity index (χ2v) is 8.36. The number of carbonyl (C=O) groups excluding carboxylic acids is 1. The van der Waals surface area contributed by atoms with E-state index in [1.54, 1.807) is 30.3 Å². The van der Waals surface area contributed by atoms with E-state index in [0.717, 1.165) is 22.5 Å². The zero-order valence-corrected chi connectivity index (χ0v) is 19.8. The van der Waals surface area contributed by atoms with Crippen molar-refractivity contribution in [2.24, 2.45) is 0 Å². The molecule has 5 rings (SSSR count). The molecule has 0 fully saturated rings. The van der Waals surface area contributed by atoms with E-state index in [1.165, 1.54) is 10.9 Å². The van der Waals surface area contributed by atoms with Crippen molar-refractivity contribution < 1.29 is 9.21 Å². The van der Waals surface area contributed by atoms with Gasteiger partial charge in [0.25, 0.3) is 0 Å². The van der Waals surface area contributed by atoms with E-state index in [0.29, 0.717) is 22.0 Å². The van der Waals surface area contributed by atoms with Crippen LogP contribution in [0.25, 0.3) is 34.1 Å². The lowest BCUT2D eigenvalue weighted by atomic mass is 10.2. The zero-order chi connectivity index (χ0) is 24.2. The third kappa shape index (κ3) is 5.46. The zero-order valence-electron chi connectivity index (χ0n) is 18.2. The summed E-state index contributed by atoms with van der Waals surface area (Å²) in [7, 11) is 0. The maximum atomic E-state index is 12.3. The summed E-state index contributed by atoms with van der Waals surface area (Å²) < 4.78 is 5.76. The predicted octanol–water partition coefficient (Wildman–Crippen LogP) is 5.86. The molecule has 9 heteroatoms. The van der Waals surface area contributed by atoms with Crippen LogP contribution in [0, 0.1) is 0 Å². The second kappa shape index (κ2) is 9.92. The van der Waals surface area contributed by atoms with Gasteiger partial charge in [-0.25, -0.2) is 0 Å². The number of hydrogen-bond donors (Lipinski definition) is 2. The van der Waals surface area contributed by atoms with Crippen LogP contribution in [0.5, 0.6) is 0 Å². The van der Waals surface area contributed by atoms with E-state index < -0.39 is 0 Å². The van der Waals surface area contributed by atoms with Gasteiger partial charge in [0.1, 0.15) is 22.6 Å². The molecule has 0 bridgehead atoms. The van der Waals surface area contributed by atoms with Crippen molar-refractivity contribution in [2.75, 3.05) is 5.32 Å². The molecule has 2 aromatic heterocycles. The van der Waals surface area contributed by atoms with Gasteiger partial charge in [0.2, 0.25) is 5.91 Å². The fourth-order valence-corrected chi connectivity index (χ4v) is 3.70. The van der Waals surface area contributed by atoms with Crippen LogP contribution in [0.3, 0.4) is 0 Å². The molecule has 7 nitrogen and oxygen atoms in total. The molecule has 0 saturated carbocycles. The number of anilines is 1. The number of rotatable bonds is 5. The molecule has 0 saturated heterocycles. The van der Waals surface area contributed by atoms with Gasteiger partial charge in [0.05, 0.1) is 5.69 Å². The number of nitrogens with zero attached hydrogens (tertiary/aromatic N) is 3. The molecule has 0 aliphatic rings. The van der Waals surface area contributed by atoms with E-state index >= 15 is 0 Å². The summed E-state index contributed by atoms with van der Waals surface area (Å²) in [5, 5.41) is 15.4. The molecule has 2 N–H and O–H groups in total. The van der Waals surface area contributed by atoms with Gasteiger partial charge in [-0.3, -0.25) is 10.1 Å². The number of hydrogen-bond acceptors (Lipinski definition) is 5. The molecule has 0 aliphatic heterocycles. The first kappa shape index (κ1) is 22.5. The highest BCUT2D eigenvalue weighted by atomic mass is 35.5. The maximum Gasteiger partial charge on any atom is 0.250 e. The number of benzene rings is 3. The topological polar surface area (TPSA) is 85.0 Å². The minimum absolute atomic E-state index is 0.161. The number of carbonyl (C=O) groups is 1. The number of fused-ring (bicyclic) bond motifs is 1. The van der Waals surface area contributed by atoms with Gasteiger partial charge in [0.15, 0.2) is 5.11 Å². The lowest BCUT2D eigenvalue weighted by Gasteiger charge is -2.07. The normalized spacial score (nSPS) is 11.1. The van der Waals surface area contributed by atoms with Crippen molar-refractivity contribution in [2.45, 2.75) is 0 Å². The summed E-state index contributed by atoms with van der Waals surface area (Å²) >= 11 is 11.2. The molecular formula is C26H18ClN5O2S. The third-order valence-corrected chi connectivity index (χ3v) is 5.47. The van der Waals surface area contributed by atoms with Crippen molar-refractivity contribution in [1.29, 1.82) is 0 Å². The van der Waals surface area contributed by atoms with Crippen LogP contribution < -0.4 is 10.6 Å². The molecule has 5 aromatic rings. The largest absolute Gasteiger partial charge is 0.457 e. The van der Waals surface area contributed by atoms with Gasteiger partial charge in [-0.1, -0.05) is 41.9 Å². The minimum Gasteiger partial charge on any atom is -0.457 e. The average molecular weight is 500 g/mol. The van der Waals surface area contributed by atoms with Crippen molar-refractivity contribution in [3.63, 3.8) is 0 Å². The Bertz CT molecular complexity index is 1540. The van der Waals surface area contributed by atoms with Crippen molar-refractivity contribution >= 4 is 57.6 Å². The maximum absolute atomic E-state index is 12.3. The number of nitrogens with one attached hydrogen (secondary N) is 2. The molecule has 0 atom stereocenters. The molecule has 1 amide bonds. The standard InChI is InChI=1S/C26H18ClN5O2S/c27-18-6-9-20(10-7-18)32-30-22-13-8-19(16-23(22)31-32)28-26(35)29-25(33)15-12-21-11-14-24(34-21)17-4-2-1-3-5-17/h1-16H,(H2,28,29,33,35)/b15-12+. The molecule has 3 aromatic carbocycles. The fourth-order valence-electron chi connectivity index (χ4n) is 3.36. The van der Waals surface area contributed by atoms with Crippen LogP contribution in [-0.4, -0.2) is 26.0 Å². The van der Waals surface area contributed by atoms with Gasteiger partial charge in [-0.15, -0.1) is 10.2 Å². The molecule has 0 radical (unpaired) electrons. The molecule has 0 unspecified atom stereocenters. The van der Waals surface area contributed by atoms with Crippen LogP contribution in [0.1, 0.15) is 5.76 Å². The Labute approximate surface area is 211 Å². The summed E-state index contributed by atoms with van der Waals surface area (Å²) in [4.78, 5) is 13.8. The Morgan fingerprint density at radius 2 is 1.71 bits per heavy atom. The van der Waals surface area contributed by atoms with Crippen LogP contribution in [0.4, 0.5) is 5.69 Å². The number of thiocarbonyl (C=S) groups is 1. The molecule has 0 spiro atoms. The molecule has 2 heterocycles. The quantitative estimate of drug-likeness (QED) is 0.233. The van der Waals surface area contributed by atoms with Gasteiger partial charge >= 0.3 is 0 Å². The van der Waals surface area contributed by atoms with Gasteiger partial charge in [-0.2, -0.15) is 4.80 Å². The van der Waals surface area contributed by atoms with Gasteiger partial charge in [0, 0.05) is 22.3 Å². The van der Waals surface area contributed by atoms with Crippen LogP contribution >= 0.6 is 23.8 Å². The number of furan rings is 1. The lowest BCUT2D eigenvalue weighted by molar-refractivity contribution is -0.115. The summed E-state index contributed by atoms with van der Waals surface area (Å²) in [5.41, 5.74) is 3.82. The summed E-state index contributed by atoms with van der Waals surface area (Å²) in [6.45, 7) is 0. The summed E-state index contributed by atoms with van der Waals surface area (Å²) in [5.74, 6) is 0.910. The van der Waals surface area contributed by atoms with Crippen molar-refractivity contribution in [3.8, 4) is 17.0 Å². The van der Waals surface area contributed by atoms with Crippen LogP contribution in [0.15, 0.2) is 95.4 Å². The Kier molecular flexibility index (Phi) is 6.38. The Morgan fingerprint density at radius 3 is 2.51 bits per heavy atom. The first-order chi connectivity index (χ1) is 17.0. The van der Waals surface area contributed by atoms with E-state index in [4.69, 9.17) is 28.2 Å². The monoisotopic (exact) mass is 499 g/mol. The van der Waals surface area contributed by atoms with Crippen LogP contribution in [-0.2, 0) is 4.79 Å². The lowest BCUT2D eigenvalue weighted by Crippen LogP contribution is -2.32. The fraction of sp³-hybridized carbons (Fsp3) is 0. The van der Waals surface area contributed by atoms with Gasteiger partial charge in [-0.05, 0) is 72.9 Å².